The number of anilines is 1. The molecule has 1 saturated heterocycles. The summed E-state index contributed by atoms with van der Waals surface area (Å²) >= 11 is 0. The van der Waals surface area contributed by atoms with Crippen molar-refractivity contribution in [2.45, 2.75) is 24.9 Å². The zero-order chi connectivity index (χ0) is 21.3. The van der Waals surface area contributed by atoms with Crippen LogP contribution >= 0.6 is 23.5 Å². The summed E-state index contributed by atoms with van der Waals surface area (Å²) in [4.78, 5) is 58.0. The van der Waals surface area contributed by atoms with E-state index in [-0.39, 0.29) is 5.82 Å². The van der Waals surface area contributed by atoms with Gasteiger partial charge in [0.2, 0.25) is 0 Å². The summed E-state index contributed by atoms with van der Waals surface area (Å²) in [7, 11) is -18.0. The van der Waals surface area contributed by atoms with E-state index in [0.29, 0.717) is 0 Å². The van der Waals surface area contributed by atoms with Gasteiger partial charge in [-0.05, 0) is 6.07 Å². The first kappa shape index (κ1) is 23.3. The molecular formula is C9H11FN3O12P3-4. The molecule has 0 saturated carbocycles. The molecule has 0 radical (unpaired) electrons. The smallest absolute Gasteiger partial charge is 0.351 e. The highest BCUT2D eigenvalue weighted by Crippen LogP contribution is 2.60. The Hall–Kier alpha value is -1.02. The van der Waals surface area contributed by atoms with Gasteiger partial charge >= 0.3 is 5.69 Å². The quantitative estimate of drug-likeness (QED) is 0.383. The predicted octanol–water partition coefficient (Wildman–Crippen LogP) is -2.73. The maximum absolute atomic E-state index is 14.0. The molecule has 15 nitrogen and oxygen atoms in total. The van der Waals surface area contributed by atoms with Crippen LogP contribution in [0.3, 0.4) is 0 Å². The van der Waals surface area contributed by atoms with Gasteiger partial charge in [-0.25, -0.2) is 13.5 Å². The van der Waals surface area contributed by atoms with Gasteiger partial charge in [0, 0.05) is 12.6 Å². The monoisotopic (exact) mass is 465 g/mol. The normalized spacial score (nSPS) is 27.2. The van der Waals surface area contributed by atoms with Crippen LogP contribution < -0.4 is 31.0 Å². The minimum absolute atomic E-state index is 0.0923. The third-order valence-electron chi connectivity index (χ3n) is 3.12. The topological polar surface area (TPSA) is 241 Å². The van der Waals surface area contributed by atoms with Gasteiger partial charge in [-0.2, -0.15) is 4.98 Å². The molecule has 0 aromatic carbocycles. The molecule has 28 heavy (non-hydrogen) atoms. The van der Waals surface area contributed by atoms with Gasteiger partial charge < -0.3 is 39.1 Å². The van der Waals surface area contributed by atoms with Gasteiger partial charge in [0.15, 0.2) is 0 Å². The van der Waals surface area contributed by atoms with E-state index in [1.807, 2.05) is 0 Å². The molecule has 19 heteroatoms. The molecule has 1 aliphatic rings. The van der Waals surface area contributed by atoms with Gasteiger partial charge in [0.05, 0.1) is 14.4 Å². The summed E-state index contributed by atoms with van der Waals surface area (Å²) in [6.45, 7) is -1.10. The number of phosphoric ester groups is 1. The van der Waals surface area contributed by atoms with Crippen LogP contribution in [0.25, 0.3) is 0 Å². The lowest BCUT2D eigenvalue weighted by atomic mass is 10.2. The van der Waals surface area contributed by atoms with E-state index in [1.165, 1.54) is 12.3 Å². The summed E-state index contributed by atoms with van der Waals surface area (Å²) in [6.07, 6.45) is -3.83. The Kier molecular flexibility index (Phi) is 6.96. The number of halogens is 1. The molecule has 0 aliphatic carbocycles. The highest BCUT2D eigenvalue weighted by molar-refractivity contribution is 7.64. The second-order valence-electron chi connectivity index (χ2n) is 5.22. The standard InChI is InChI=1S/C9H15FN3O12P3/c10-5-3-8(13-2-1-7(11)12-9(13)14)23-6(5)4-22-27(18,19)25-28(20,21)24-26(15,16)17/h1-2,5-6,8H,3-4H2,(H,18,19)(H,20,21)(H2,11,12,14)(H2,15,16,17)/p-4. The van der Waals surface area contributed by atoms with Crippen LogP contribution in [0.5, 0.6) is 0 Å². The van der Waals surface area contributed by atoms with Crippen LogP contribution in [0.15, 0.2) is 17.1 Å². The maximum Gasteiger partial charge on any atom is 0.351 e. The number of phosphoric acid groups is 3. The van der Waals surface area contributed by atoms with Gasteiger partial charge in [0.25, 0.3) is 15.6 Å². The van der Waals surface area contributed by atoms with Crippen LogP contribution in [0.4, 0.5) is 10.2 Å². The fourth-order valence-corrected chi connectivity index (χ4v) is 4.97. The molecular weight excluding hydrogens is 454 g/mol. The first-order valence-electron chi connectivity index (χ1n) is 7.03. The average molecular weight is 465 g/mol. The van der Waals surface area contributed by atoms with Gasteiger partial charge in [0.1, 0.15) is 24.3 Å². The molecule has 160 valence electrons. The molecule has 1 aromatic rings. The van der Waals surface area contributed by atoms with Crippen molar-refractivity contribution in [3.63, 3.8) is 0 Å². The Morgan fingerprint density at radius 2 is 1.89 bits per heavy atom. The van der Waals surface area contributed by atoms with Gasteiger partial charge in [-0.3, -0.25) is 18.0 Å². The minimum atomic E-state index is -6.12. The second-order valence-corrected chi connectivity index (χ2v) is 9.47. The fraction of sp³-hybridized carbons (Fsp3) is 0.556. The Morgan fingerprint density at radius 3 is 2.46 bits per heavy atom. The number of hydrogen-bond donors (Lipinski definition) is 1. The zero-order valence-corrected chi connectivity index (χ0v) is 16.1. The Bertz CT molecular complexity index is 919. The highest BCUT2D eigenvalue weighted by Gasteiger charge is 2.38. The molecule has 1 aliphatic heterocycles. The molecule has 1 fully saturated rings. The van der Waals surface area contributed by atoms with E-state index in [9.17, 15) is 42.5 Å². The SMILES string of the molecule is Nc1ccn(C2CC(F)C(COP(=O)([O-])OP(=O)([O-])OP(=O)([O-])[O-])O2)c(=O)n1. The summed E-state index contributed by atoms with van der Waals surface area (Å²) in [5, 5.41) is 0. The Morgan fingerprint density at radius 1 is 1.25 bits per heavy atom. The lowest BCUT2D eigenvalue weighted by Crippen LogP contribution is -2.28. The van der Waals surface area contributed by atoms with Crippen molar-refractivity contribution < 1.29 is 55.5 Å². The predicted molar refractivity (Wildman–Crippen MR) is 77.3 cm³/mol. The summed E-state index contributed by atoms with van der Waals surface area (Å²) in [5.41, 5.74) is 4.45. The zero-order valence-electron chi connectivity index (χ0n) is 13.4. The summed E-state index contributed by atoms with van der Waals surface area (Å²) < 4.78 is 63.1. The van der Waals surface area contributed by atoms with E-state index in [1.54, 1.807) is 0 Å². The number of hydrogen-bond acceptors (Lipinski definition) is 14. The third-order valence-corrected chi connectivity index (χ3v) is 6.79. The molecule has 2 N–H and O–H groups in total. The Balaban J connectivity index is 1.98. The first-order valence-corrected chi connectivity index (χ1v) is 11.4. The van der Waals surface area contributed by atoms with Crippen LogP contribution in [-0.2, 0) is 31.6 Å². The molecule has 0 spiro atoms. The number of ether oxygens (including phenoxy) is 1. The second kappa shape index (κ2) is 8.38. The van der Waals surface area contributed by atoms with E-state index < -0.39 is 60.7 Å². The fourth-order valence-electron chi connectivity index (χ4n) is 2.10. The number of rotatable bonds is 8. The summed E-state index contributed by atoms with van der Waals surface area (Å²) in [5.74, 6) is -0.0923. The molecule has 1 aromatic heterocycles. The molecule has 2 rings (SSSR count). The Labute approximate surface area is 155 Å². The van der Waals surface area contributed by atoms with Crippen LogP contribution in [0, 0.1) is 0 Å². The van der Waals surface area contributed by atoms with E-state index in [0.717, 1.165) is 4.57 Å². The molecule has 5 atom stereocenters. The van der Waals surface area contributed by atoms with Gasteiger partial charge in [-0.15, -0.1) is 0 Å². The molecule has 0 amide bonds. The number of alkyl halides is 1. The van der Waals surface area contributed by atoms with E-state index in [4.69, 9.17) is 10.5 Å². The van der Waals surface area contributed by atoms with Crippen LogP contribution in [-0.4, -0.2) is 28.4 Å². The van der Waals surface area contributed by atoms with E-state index >= 15 is 0 Å². The average Bonchev–Trinajstić information content (AvgIpc) is 2.82. The van der Waals surface area contributed by atoms with Crippen molar-refractivity contribution in [3.8, 4) is 0 Å². The van der Waals surface area contributed by atoms with Crippen LogP contribution in [0.1, 0.15) is 12.6 Å². The van der Waals surface area contributed by atoms with Crippen LogP contribution in [0.2, 0.25) is 0 Å². The molecule has 5 unspecified atom stereocenters. The lowest BCUT2D eigenvalue weighted by Gasteiger charge is -2.37. The third kappa shape index (κ3) is 6.79. The number of aromatic nitrogens is 2. The number of nitrogens with zero attached hydrogens (tertiary/aromatic N) is 2. The lowest BCUT2D eigenvalue weighted by molar-refractivity contribution is -0.339. The number of nitrogens with two attached hydrogens (primary N) is 1. The van der Waals surface area contributed by atoms with Crippen molar-refractivity contribution in [1.29, 1.82) is 0 Å². The van der Waals surface area contributed by atoms with Crippen molar-refractivity contribution in [3.05, 3.63) is 22.7 Å². The highest BCUT2D eigenvalue weighted by atomic mass is 31.3. The summed E-state index contributed by atoms with van der Waals surface area (Å²) in [6, 6.07) is 1.23. The molecule has 0 bridgehead atoms. The van der Waals surface area contributed by atoms with Crippen molar-refractivity contribution in [2.75, 3.05) is 12.3 Å². The van der Waals surface area contributed by atoms with E-state index in [2.05, 4.69) is 18.1 Å². The van der Waals surface area contributed by atoms with Crippen molar-refractivity contribution >= 4 is 29.3 Å². The van der Waals surface area contributed by atoms with Crippen molar-refractivity contribution in [2.24, 2.45) is 0 Å². The van der Waals surface area contributed by atoms with Gasteiger partial charge in [-0.1, -0.05) is 0 Å². The molecule has 2 heterocycles. The number of nitrogen functional groups attached to an aromatic ring is 1. The maximum atomic E-state index is 14.0. The minimum Gasteiger partial charge on any atom is -0.790 e. The first-order chi connectivity index (χ1) is 12.7. The van der Waals surface area contributed by atoms with Crippen molar-refractivity contribution in [1.82, 2.24) is 9.55 Å². The largest absolute Gasteiger partial charge is 0.790 e.